The van der Waals surface area contributed by atoms with Gasteiger partial charge in [-0.3, -0.25) is 9.59 Å². The Kier molecular flexibility index (Phi) is 7.90. The van der Waals surface area contributed by atoms with Crippen LogP contribution in [0, 0.1) is 17.2 Å². The van der Waals surface area contributed by atoms with Crippen molar-refractivity contribution < 1.29 is 32.3 Å². The monoisotopic (exact) mass is 449 g/mol. The van der Waals surface area contributed by atoms with E-state index in [-0.39, 0.29) is 47.7 Å². The summed E-state index contributed by atoms with van der Waals surface area (Å²) in [5, 5.41) is 8.91. The van der Waals surface area contributed by atoms with Gasteiger partial charge in [-0.25, -0.2) is 13.2 Å². The van der Waals surface area contributed by atoms with Gasteiger partial charge in [0.15, 0.2) is 6.61 Å². The summed E-state index contributed by atoms with van der Waals surface area (Å²) < 4.78 is 36.8. The SMILES string of the molecule is COC(=O)c1ccccc1S(=O)(=O)N1CCC(C(=O)OCC(=O)/C(C#N)=C(/C)N)CC1. The predicted molar refractivity (Wildman–Crippen MR) is 108 cm³/mol. The molecule has 11 heteroatoms. The minimum atomic E-state index is -3.98. The van der Waals surface area contributed by atoms with Crippen LogP contribution in [0.4, 0.5) is 0 Å². The third kappa shape index (κ3) is 5.48. The fourth-order valence-corrected chi connectivity index (χ4v) is 4.79. The van der Waals surface area contributed by atoms with Gasteiger partial charge in [0.25, 0.3) is 0 Å². The number of nitrogens with zero attached hydrogens (tertiary/aromatic N) is 2. The maximum atomic E-state index is 13.0. The molecule has 1 aromatic rings. The number of carbonyl (C=O) groups is 3. The van der Waals surface area contributed by atoms with Crippen molar-refractivity contribution in [1.82, 2.24) is 4.31 Å². The third-order valence-corrected chi connectivity index (χ3v) is 6.78. The van der Waals surface area contributed by atoms with Crippen molar-refractivity contribution in [3.63, 3.8) is 0 Å². The molecule has 0 unspecified atom stereocenters. The lowest BCUT2D eigenvalue weighted by atomic mass is 9.98. The Morgan fingerprint density at radius 1 is 1.23 bits per heavy atom. The largest absolute Gasteiger partial charge is 0.465 e. The summed E-state index contributed by atoms with van der Waals surface area (Å²) in [6, 6.07) is 7.40. The van der Waals surface area contributed by atoms with Crippen LogP contribution < -0.4 is 5.73 Å². The van der Waals surface area contributed by atoms with Crippen LogP contribution in [0.15, 0.2) is 40.4 Å². The molecule has 166 valence electrons. The van der Waals surface area contributed by atoms with Gasteiger partial charge in [-0.05, 0) is 31.9 Å². The number of nitrogens with two attached hydrogens (primary N) is 1. The van der Waals surface area contributed by atoms with E-state index in [0.717, 1.165) is 7.11 Å². The number of piperidine rings is 1. The minimum Gasteiger partial charge on any atom is -0.465 e. The molecule has 0 atom stereocenters. The summed E-state index contributed by atoms with van der Waals surface area (Å²) in [5.74, 6) is -2.70. The number of allylic oxidation sites excluding steroid dienone is 1. The molecule has 10 nitrogen and oxygen atoms in total. The maximum absolute atomic E-state index is 13.0. The van der Waals surface area contributed by atoms with E-state index in [4.69, 9.17) is 15.7 Å². The van der Waals surface area contributed by atoms with Gasteiger partial charge in [-0.1, -0.05) is 12.1 Å². The highest BCUT2D eigenvalue weighted by molar-refractivity contribution is 7.89. The fourth-order valence-electron chi connectivity index (χ4n) is 3.14. The molecule has 0 spiro atoms. The number of nitriles is 1. The summed E-state index contributed by atoms with van der Waals surface area (Å²) in [5.41, 5.74) is 5.15. The predicted octanol–water partition coefficient (Wildman–Crippen LogP) is 0.742. The highest BCUT2D eigenvalue weighted by Gasteiger charge is 2.35. The van der Waals surface area contributed by atoms with E-state index in [0.29, 0.717) is 0 Å². The van der Waals surface area contributed by atoms with Gasteiger partial charge in [0, 0.05) is 18.8 Å². The van der Waals surface area contributed by atoms with E-state index >= 15 is 0 Å². The van der Waals surface area contributed by atoms with Crippen molar-refractivity contribution >= 4 is 27.7 Å². The van der Waals surface area contributed by atoms with Gasteiger partial charge >= 0.3 is 11.9 Å². The number of methoxy groups -OCH3 is 1. The van der Waals surface area contributed by atoms with Crippen molar-refractivity contribution in [3.8, 4) is 6.07 Å². The van der Waals surface area contributed by atoms with Crippen LogP contribution in [0.25, 0.3) is 0 Å². The molecule has 0 aliphatic carbocycles. The molecule has 31 heavy (non-hydrogen) atoms. The first-order valence-electron chi connectivity index (χ1n) is 9.37. The number of hydrogen-bond donors (Lipinski definition) is 1. The van der Waals surface area contributed by atoms with Crippen LogP contribution in [0.1, 0.15) is 30.1 Å². The number of benzene rings is 1. The quantitative estimate of drug-likeness (QED) is 0.360. The zero-order valence-corrected chi connectivity index (χ0v) is 18.0. The van der Waals surface area contributed by atoms with E-state index in [1.807, 2.05) is 0 Å². The Morgan fingerprint density at radius 2 is 1.84 bits per heavy atom. The first-order valence-corrected chi connectivity index (χ1v) is 10.8. The van der Waals surface area contributed by atoms with Crippen molar-refractivity contribution in [3.05, 3.63) is 41.1 Å². The van der Waals surface area contributed by atoms with Crippen molar-refractivity contribution in [2.24, 2.45) is 11.7 Å². The summed E-state index contributed by atoms with van der Waals surface area (Å²) in [6.45, 7) is 0.863. The normalized spacial score (nSPS) is 16.0. The highest BCUT2D eigenvalue weighted by Crippen LogP contribution is 2.27. The Bertz CT molecular complexity index is 1040. The first kappa shape index (κ1) is 24.0. The zero-order valence-electron chi connectivity index (χ0n) is 17.2. The van der Waals surface area contributed by atoms with E-state index in [1.165, 1.54) is 35.5 Å². The zero-order chi connectivity index (χ0) is 23.2. The van der Waals surface area contributed by atoms with Crippen LogP contribution in [0.3, 0.4) is 0 Å². The molecule has 0 bridgehead atoms. The molecule has 0 radical (unpaired) electrons. The first-order chi connectivity index (χ1) is 14.6. The topological polar surface area (TPSA) is 157 Å². The summed E-state index contributed by atoms with van der Waals surface area (Å²) in [6.07, 6.45) is 0.368. The van der Waals surface area contributed by atoms with E-state index in [9.17, 15) is 22.8 Å². The average Bonchev–Trinajstić information content (AvgIpc) is 2.77. The number of sulfonamides is 1. The highest BCUT2D eigenvalue weighted by atomic mass is 32.2. The molecule has 1 aliphatic rings. The molecule has 0 saturated carbocycles. The Balaban J connectivity index is 2.02. The van der Waals surface area contributed by atoms with Crippen molar-refractivity contribution in [2.45, 2.75) is 24.7 Å². The number of ether oxygens (including phenoxy) is 2. The van der Waals surface area contributed by atoms with Crippen LogP contribution >= 0.6 is 0 Å². The standard InChI is InChI=1S/C20H23N3O7S/c1-13(22)16(11-21)17(24)12-30-19(25)14-7-9-23(10-8-14)31(27,28)18-6-4-3-5-15(18)20(26)29-2/h3-6,14H,7-10,12,22H2,1-2H3/b16-13-. The fraction of sp³-hybridized carbons (Fsp3) is 0.400. The molecule has 1 aromatic carbocycles. The van der Waals surface area contributed by atoms with Crippen LogP contribution in [-0.2, 0) is 29.1 Å². The smallest absolute Gasteiger partial charge is 0.339 e. The molecule has 1 fully saturated rings. The molecule has 0 aromatic heterocycles. The number of esters is 2. The lowest BCUT2D eigenvalue weighted by molar-refractivity contribution is -0.152. The van der Waals surface area contributed by atoms with Gasteiger partial charge in [0.05, 0.1) is 23.5 Å². The molecule has 0 amide bonds. The third-order valence-electron chi connectivity index (χ3n) is 4.83. The lowest BCUT2D eigenvalue weighted by Crippen LogP contribution is -2.41. The van der Waals surface area contributed by atoms with Gasteiger partial charge < -0.3 is 15.2 Å². The molecule has 2 N–H and O–H groups in total. The van der Waals surface area contributed by atoms with Crippen molar-refractivity contribution in [1.29, 1.82) is 5.26 Å². The molecule has 1 heterocycles. The van der Waals surface area contributed by atoms with Crippen LogP contribution in [0.2, 0.25) is 0 Å². The summed E-state index contributed by atoms with van der Waals surface area (Å²) in [4.78, 5) is 35.9. The van der Waals surface area contributed by atoms with E-state index < -0.39 is 40.3 Å². The van der Waals surface area contributed by atoms with E-state index in [1.54, 1.807) is 6.07 Å². The van der Waals surface area contributed by atoms with Gasteiger partial charge in [0.1, 0.15) is 11.6 Å². The Hall–Kier alpha value is -3.23. The van der Waals surface area contributed by atoms with Crippen LogP contribution in [0.5, 0.6) is 0 Å². The second-order valence-electron chi connectivity index (χ2n) is 6.87. The van der Waals surface area contributed by atoms with Crippen molar-refractivity contribution in [2.75, 3.05) is 26.8 Å². The second-order valence-corrected chi connectivity index (χ2v) is 8.77. The number of Topliss-reactive ketones (excluding diaryl/α,β-unsaturated/α-hetero) is 1. The minimum absolute atomic E-state index is 0.0364. The molecule has 1 aliphatic heterocycles. The maximum Gasteiger partial charge on any atom is 0.339 e. The van der Waals surface area contributed by atoms with Gasteiger partial charge in [-0.2, -0.15) is 9.57 Å². The lowest BCUT2D eigenvalue weighted by Gasteiger charge is -2.30. The molecular formula is C20H23N3O7S. The van der Waals surface area contributed by atoms with Gasteiger partial charge in [-0.15, -0.1) is 0 Å². The molecular weight excluding hydrogens is 426 g/mol. The Labute approximate surface area is 180 Å². The van der Waals surface area contributed by atoms with E-state index in [2.05, 4.69) is 4.74 Å². The Morgan fingerprint density at radius 3 is 2.39 bits per heavy atom. The average molecular weight is 449 g/mol. The summed E-state index contributed by atoms with van der Waals surface area (Å²) in [7, 11) is -2.81. The van der Waals surface area contributed by atoms with Crippen LogP contribution in [-0.4, -0.2) is 57.3 Å². The molecule has 2 rings (SSSR count). The summed E-state index contributed by atoms with van der Waals surface area (Å²) >= 11 is 0. The van der Waals surface area contributed by atoms with Gasteiger partial charge in [0.2, 0.25) is 15.8 Å². The number of hydrogen-bond acceptors (Lipinski definition) is 9. The molecule has 1 saturated heterocycles. The second kappa shape index (κ2) is 10.2. The number of rotatable bonds is 7. The number of ketones is 1. The number of carbonyl (C=O) groups excluding carboxylic acids is 3.